The molecule has 0 spiro atoms. The fourth-order valence-corrected chi connectivity index (χ4v) is 4.71. The SMILES string of the molecule is Cc1cc(-c2ccnc(Nc3cnn(C[C@@H](N)C(=O)O)c3)n2)ccc1CCC(=O)c1cnc(C(C)(C)C)s1. The van der Waals surface area contributed by atoms with Crippen molar-refractivity contribution in [3.8, 4) is 11.3 Å². The van der Waals surface area contributed by atoms with Gasteiger partial charge >= 0.3 is 5.97 Å². The first-order chi connectivity index (χ1) is 18.0. The first kappa shape index (κ1) is 27.1. The lowest BCUT2D eigenvalue weighted by atomic mass is 9.98. The topological polar surface area (TPSA) is 149 Å². The Morgan fingerprint density at radius 3 is 2.66 bits per heavy atom. The molecule has 0 fully saturated rings. The Kier molecular flexibility index (Phi) is 7.98. The van der Waals surface area contributed by atoms with E-state index in [1.54, 1.807) is 24.8 Å². The second-order valence-electron chi connectivity index (χ2n) is 10.1. The van der Waals surface area contributed by atoms with Crippen molar-refractivity contribution in [1.82, 2.24) is 24.7 Å². The van der Waals surface area contributed by atoms with Crippen molar-refractivity contribution in [3.63, 3.8) is 0 Å². The van der Waals surface area contributed by atoms with Gasteiger partial charge < -0.3 is 16.2 Å². The molecule has 3 heterocycles. The Morgan fingerprint density at radius 2 is 1.97 bits per heavy atom. The number of ketones is 1. The van der Waals surface area contributed by atoms with Gasteiger partial charge in [0, 0.05) is 36.0 Å². The number of benzene rings is 1. The molecule has 198 valence electrons. The van der Waals surface area contributed by atoms with E-state index < -0.39 is 12.0 Å². The molecule has 0 amide bonds. The average Bonchev–Trinajstić information content (AvgIpc) is 3.53. The lowest BCUT2D eigenvalue weighted by Gasteiger charge is -2.13. The number of anilines is 2. The molecule has 0 aliphatic heterocycles. The molecule has 4 rings (SSSR count). The van der Waals surface area contributed by atoms with Crippen LogP contribution in [0.5, 0.6) is 0 Å². The molecule has 1 aromatic carbocycles. The Hall–Kier alpha value is -3.96. The molecule has 4 aromatic rings. The standard InChI is InChI=1S/C27H31N7O3S/c1-16-11-18(6-5-17(16)7-8-22(35)23-13-30-25(38-23)27(2,3)4)21-9-10-29-26(33-21)32-19-12-31-34(14-19)15-20(28)24(36)37/h5-6,9-14,20H,7-8,15,28H2,1-4H3,(H,36,37)(H,29,32,33)/t20-/m1/s1. The second kappa shape index (κ2) is 11.2. The molecule has 0 saturated heterocycles. The molecule has 10 nitrogen and oxygen atoms in total. The van der Waals surface area contributed by atoms with Gasteiger partial charge in [-0.3, -0.25) is 14.3 Å². The van der Waals surface area contributed by atoms with Crippen molar-refractivity contribution >= 4 is 34.7 Å². The summed E-state index contributed by atoms with van der Waals surface area (Å²) in [5.41, 5.74) is 9.99. The normalized spacial score (nSPS) is 12.3. The van der Waals surface area contributed by atoms with E-state index in [-0.39, 0.29) is 17.7 Å². The summed E-state index contributed by atoms with van der Waals surface area (Å²) < 4.78 is 1.45. The van der Waals surface area contributed by atoms with Gasteiger partial charge in [-0.1, -0.05) is 32.9 Å². The number of Topliss-reactive ketones (excluding diaryl/α,β-unsaturated/α-hetero) is 1. The van der Waals surface area contributed by atoms with E-state index >= 15 is 0 Å². The van der Waals surface area contributed by atoms with Crippen LogP contribution in [-0.4, -0.2) is 47.6 Å². The molecule has 4 N–H and O–H groups in total. The van der Waals surface area contributed by atoms with E-state index in [4.69, 9.17) is 10.8 Å². The van der Waals surface area contributed by atoms with Gasteiger partial charge in [0.25, 0.3) is 0 Å². The Labute approximate surface area is 225 Å². The fraction of sp³-hybridized carbons (Fsp3) is 0.333. The second-order valence-corrected chi connectivity index (χ2v) is 11.2. The highest BCUT2D eigenvalue weighted by Gasteiger charge is 2.20. The van der Waals surface area contributed by atoms with Crippen LogP contribution in [0.2, 0.25) is 0 Å². The number of nitrogens with one attached hydrogen (secondary N) is 1. The zero-order valence-electron chi connectivity index (χ0n) is 21.8. The van der Waals surface area contributed by atoms with Gasteiger partial charge in [-0.25, -0.2) is 15.0 Å². The largest absolute Gasteiger partial charge is 0.480 e. The Balaban J connectivity index is 1.40. The van der Waals surface area contributed by atoms with Gasteiger partial charge in [-0.15, -0.1) is 11.3 Å². The summed E-state index contributed by atoms with van der Waals surface area (Å²) in [5, 5.41) is 17.2. The molecular formula is C27H31N7O3S. The van der Waals surface area contributed by atoms with E-state index in [9.17, 15) is 9.59 Å². The number of aryl methyl sites for hydroxylation is 2. The summed E-state index contributed by atoms with van der Waals surface area (Å²) >= 11 is 1.48. The summed E-state index contributed by atoms with van der Waals surface area (Å²) in [6.45, 7) is 8.37. The first-order valence-corrected chi connectivity index (χ1v) is 13.0. The minimum Gasteiger partial charge on any atom is -0.480 e. The van der Waals surface area contributed by atoms with Crippen LogP contribution >= 0.6 is 11.3 Å². The minimum atomic E-state index is -1.09. The van der Waals surface area contributed by atoms with Gasteiger partial charge in [-0.2, -0.15) is 5.10 Å². The third-order valence-electron chi connectivity index (χ3n) is 5.93. The summed E-state index contributed by atoms with van der Waals surface area (Å²) in [7, 11) is 0. The highest BCUT2D eigenvalue weighted by atomic mass is 32.1. The number of hydrogen-bond donors (Lipinski definition) is 3. The number of thiazole rings is 1. The smallest absolute Gasteiger partial charge is 0.322 e. The zero-order valence-corrected chi connectivity index (χ0v) is 22.6. The lowest BCUT2D eigenvalue weighted by Crippen LogP contribution is -2.34. The third-order valence-corrected chi connectivity index (χ3v) is 7.39. The van der Waals surface area contributed by atoms with Crippen LogP contribution in [-0.2, 0) is 23.2 Å². The van der Waals surface area contributed by atoms with Crippen molar-refractivity contribution in [3.05, 3.63) is 70.1 Å². The highest BCUT2D eigenvalue weighted by molar-refractivity contribution is 7.13. The molecule has 3 aromatic heterocycles. The van der Waals surface area contributed by atoms with Crippen LogP contribution in [0.15, 0.2) is 49.1 Å². The van der Waals surface area contributed by atoms with Gasteiger partial charge in [0.15, 0.2) is 5.78 Å². The van der Waals surface area contributed by atoms with Crippen LogP contribution in [0.4, 0.5) is 11.6 Å². The average molecular weight is 534 g/mol. The molecule has 0 radical (unpaired) electrons. The summed E-state index contributed by atoms with van der Waals surface area (Å²) in [5.74, 6) is -0.592. The predicted octanol–water partition coefficient (Wildman–Crippen LogP) is 4.37. The van der Waals surface area contributed by atoms with E-state index in [1.165, 1.54) is 16.0 Å². The van der Waals surface area contributed by atoms with Crippen molar-refractivity contribution in [2.45, 2.75) is 58.5 Å². The summed E-state index contributed by atoms with van der Waals surface area (Å²) in [4.78, 5) is 37.7. The number of nitrogens with zero attached hydrogens (tertiary/aromatic N) is 5. The molecule has 0 saturated carbocycles. The van der Waals surface area contributed by atoms with Crippen molar-refractivity contribution < 1.29 is 14.7 Å². The minimum absolute atomic E-state index is 0.0529. The number of carboxylic acid groups (broad SMARTS) is 1. The number of aromatic nitrogens is 5. The van der Waals surface area contributed by atoms with E-state index in [0.29, 0.717) is 29.4 Å². The summed E-state index contributed by atoms with van der Waals surface area (Å²) in [6, 6.07) is 6.88. The molecule has 0 aliphatic rings. The van der Waals surface area contributed by atoms with Crippen LogP contribution in [0, 0.1) is 6.92 Å². The fourth-order valence-electron chi connectivity index (χ4n) is 3.77. The van der Waals surface area contributed by atoms with Crippen LogP contribution in [0.1, 0.15) is 53.0 Å². The van der Waals surface area contributed by atoms with Crippen molar-refractivity contribution in [2.24, 2.45) is 5.73 Å². The van der Waals surface area contributed by atoms with Crippen LogP contribution < -0.4 is 11.1 Å². The van der Waals surface area contributed by atoms with Gasteiger partial charge in [-0.05, 0) is 36.6 Å². The number of aliphatic carboxylic acids is 1. The number of nitrogens with two attached hydrogens (primary N) is 1. The number of carbonyl (C=O) groups excluding carboxylic acids is 1. The molecule has 0 bridgehead atoms. The van der Waals surface area contributed by atoms with E-state index in [1.807, 2.05) is 25.1 Å². The van der Waals surface area contributed by atoms with Gasteiger partial charge in [0.1, 0.15) is 6.04 Å². The summed E-state index contributed by atoms with van der Waals surface area (Å²) in [6.07, 6.45) is 7.65. The monoisotopic (exact) mass is 533 g/mol. The van der Waals surface area contributed by atoms with Crippen molar-refractivity contribution in [1.29, 1.82) is 0 Å². The first-order valence-electron chi connectivity index (χ1n) is 12.2. The maximum atomic E-state index is 12.7. The Morgan fingerprint density at radius 1 is 1.18 bits per heavy atom. The molecule has 1 atom stereocenters. The maximum absolute atomic E-state index is 12.7. The number of rotatable bonds is 10. The molecule has 38 heavy (non-hydrogen) atoms. The van der Waals surface area contributed by atoms with E-state index in [2.05, 4.69) is 52.2 Å². The van der Waals surface area contributed by atoms with Crippen molar-refractivity contribution in [2.75, 3.05) is 5.32 Å². The maximum Gasteiger partial charge on any atom is 0.322 e. The molecular weight excluding hydrogens is 502 g/mol. The molecule has 11 heteroatoms. The number of carboxylic acids is 1. The van der Waals surface area contributed by atoms with Crippen LogP contribution in [0.3, 0.4) is 0 Å². The third kappa shape index (κ3) is 6.67. The highest BCUT2D eigenvalue weighted by Crippen LogP contribution is 2.28. The Bertz CT molecular complexity index is 1450. The van der Waals surface area contributed by atoms with E-state index in [0.717, 1.165) is 27.4 Å². The van der Waals surface area contributed by atoms with Gasteiger partial charge in [0.05, 0.1) is 34.0 Å². The number of carbonyl (C=O) groups is 2. The zero-order chi connectivity index (χ0) is 27.4. The molecule has 0 aliphatic carbocycles. The van der Waals surface area contributed by atoms with Crippen LogP contribution in [0.25, 0.3) is 11.3 Å². The predicted molar refractivity (Wildman–Crippen MR) is 147 cm³/mol. The number of hydrogen-bond acceptors (Lipinski definition) is 9. The molecule has 0 unspecified atom stereocenters. The lowest BCUT2D eigenvalue weighted by molar-refractivity contribution is -0.138. The van der Waals surface area contributed by atoms with Gasteiger partial charge in [0.2, 0.25) is 5.95 Å². The quantitative estimate of drug-likeness (QED) is 0.253.